The smallest absolute Gasteiger partial charge is 0.146 e. The largest absolute Gasteiger partial charge is 0.306 e. The van der Waals surface area contributed by atoms with E-state index in [4.69, 9.17) is 4.98 Å². The Morgan fingerprint density at radius 3 is 2.75 bits per heavy atom. The third kappa shape index (κ3) is 4.23. The van der Waals surface area contributed by atoms with E-state index in [1.165, 1.54) is 0 Å². The Balaban J connectivity index is 2.08. The first-order chi connectivity index (χ1) is 9.35. The topological polar surface area (TPSA) is 44.3 Å². The standard InChI is InChI=1S/C15H27N5/c1-15(2,3)17-10-12-6-7-16-14(18-12)13-11-19(4)8-9-20(13)5/h6-7,13,17H,8-11H2,1-5H3. The summed E-state index contributed by atoms with van der Waals surface area (Å²) in [5.41, 5.74) is 1.17. The molecule has 0 spiro atoms. The fourth-order valence-corrected chi connectivity index (χ4v) is 2.32. The quantitative estimate of drug-likeness (QED) is 0.902. The van der Waals surface area contributed by atoms with Crippen molar-refractivity contribution in [1.82, 2.24) is 25.1 Å². The number of nitrogens with one attached hydrogen (secondary N) is 1. The number of hydrogen-bond acceptors (Lipinski definition) is 5. The molecule has 0 bridgehead atoms. The van der Waals surface area contributed by atoms with Gasteiger partial charge in [-0.1, -0.05) is 0 Å². The second kappa shape index (κ2) is 6.16. The van der Waals surface area contributed by atoms with E-state index < -0.39 is 0 Å². The molecule has 1 atom stereocenters. The highest BCUT2D eigenvalue weighted by Crippen LogP contribution is 2.20. The third-order valence-corrected chi connectivity index (χ3v) is 3.68. The van der Waals surface area contributed by atoms with Crippen LogP contribution in [0.5, 0.6) is 0 Å². The van der Waals surface area contributed by atoms with E-state index in [9.17, 15) is 0 Å². The molecule has 1 saturated heterocycles. The average molecular weight is 277 g/mol. The Bertz CT molecular complexity index is 440. The van der Waals surface area contributed by atoms with Gasteiger partial charge in [-0.05, 0) is 40.9 Å². The monoisotopic (exact) mass is 277 g/mol. The van der Waals surface area contributed by atoms with Crippen LogP contribution in [0.25, 0.3) is 0 Å². The first-order valence-corrected chi connectivity index (χ1v) is 7.31. The van der Waals surface area contributed by atoms with E-state index in [1.807, 2.05) is 12.3 Å². The molecule has 1 aromatic rings. The Morgan fingerprint density at radius 1 is 1.30 bits per heavy atom. The number of hydrogen-bond donors (Lipinski definition) is 1. The maximum Gasteiger partial charge on any atom is 0.146 e. The maximum absolute atomic E-state index is 4.74. The van der Waals surface area contributed by atoms with Gasteiger partial charge in [-0.2, -0.15) is 0 Å². The summed E-state index contributed by atoms with van der Waals surface area (Å²) in [6.07, 6.45) is 1.88. The van der Waals surface area contributed by atoms with Crippen LogP contribution in [-0.4, -0.2) is 59.0 Å². The summed E-state index contributed by atoms with van der Waals surface area (Å²) in [6, 6.07) is 2.29. The van der Waals surface area contributed by atoms with Crippen molar-refractivity contribution in [3.63, 3.8) is 0 Å². The summed E-state index contributed by atoms with van der Waals surface area (Å²) < 4.78 is 0. The van der Waals surface area contributed by atoms with E-state index in [0.717, 1.165) is 37.7 Å². The van der Waals surface area contributed by atoms with Crippen LogP contribution in [0.3, 0.4) is 0 Å². The molecule has 1 fully saturated rings. The lowest BCUT2D eigenvalue weighted by molar-refractivity contribution is 0.109. The minimum absolute atomic E-state index is 0.104. The summed E-state index contributed by atoms with van der Waals surface area (Å²) in [5, 5.41) is 3.47. The van der Waals surface area contributed by atoms with Gasteiger partial charge >= 0.3 is 0 Å². The van der Waals surface area contributed by atoms with Gasteiger partial charge in [-0.25, -0.2) is 9.97 Å². The van der Waals surface area contributed by atoms with Gasteiger partial charge in [0.05, 0.1) is 11.7 Å². The van der Waals surface area contributed by atoms with Crippen LogP contribution in [0.4, 0.5) is 0 Å². The lowest BCUT2D eigenvalue weighted by Crippen LogP contribution is -2.45. The lowest BCUT2D eigenvalue weighted by atomic mass is 10.1. The number of nitrogens with zero attached hydrogens (tertiary/aromatic N) is 4. The van der Waals surface area contributed by atoms with Gasteiger partial charge in [0.2, 0.25) is 0 Å². The first kappa shape index (κ1) is 15.4. The Kier molecular flexibility index (Phi) is 4.73. The second-order valence-corrected chi connectivity index (χ2v) is 6.77. The van der Waals surface area contributed by atoms with Gasteiger partial charge in [0.25, 0.3) is 0 Å². The van der Waals surface area contributed by atoms with E-state index in [-0.39, 0.29) is 5.54 Å². The van der Waals surface area contributed by atoms with E-state index in [1.54, 1.807) is 0 Å². The molecular weight excluding hydrogens is 250 g/mol. The van der Waals surface area contributed by atoms with Gasteiger partial charge in [0.15, 0.2) is 0 Å². The zero-order valence-corrected chi connectivity index (χ0v) is 13.3. The minimum Gasteiger partial charge on any atom is -0.306 e. The van der Waals surface area contributed by atoms with Gasteiger partial charge in [-0.3, -0.25) is 4.90 Å². The molecule has 1 unspecified atom stereocenters. The van der Waals surface area contributed by atoms with Crippen LogP contribution in [-0.2, 0) is 6.54 Å². The van der Waals surface area contributed by atoms with Crippen molar-refractivity contribution < 1.29 is 0 Å². The fraction of sp³-hybridized carbons (Fsp3) is 0.733. The molecule has 0 saturated carbocycles. The zero-order valence-electron chi connectivity index (χ0n) is 13.3. The van der Waals surface area contributed by atoms with E-state index in [2.05, 4.69) is 55.0 Å². The van der Waals surface area contributed by atoms with Gasteiger partial charge in [0, 0.05) is 37.9 Å². The average Bonchev–Trinajstić information content (AvgIpc) is 2.39. The molecule has 1 aromatic heterocycles. The molecule has 1 aliphatic heterocycles. The van der Waals surface area contributed by atoms with Crippen LogP contribution >= 0.6 is 0 Å². The van der Waals surface area contributed by atoms with Crippen LogP contribution in [0.15, 0.2) is 12.3 Å². The molecule has 2 heterocycles. The predicted octanol–water partition coefficient (Wildman–Crippen LogP) is 1.28. The number of likely N-dealkylation sites (N-methyl/N-ethyl adjacent to an activating group) is 2. The van der Waals surface area contributed by atoms with E-state index >= 15 is 0 Å². The molecule has 112 valence electrons. The van der Waals surface area contributed by atoms with Crippen LogP contribution in [0.1, 0.15) is 38.3 Å². The highest BCUT2D eigenvalue weighted by atomic mass is 15.3. The molecule has 0 radical (unpaired) electrons. The molecule has 2 rings (SSSR count). The zero-order chi connectivity index (χ0) is 14.8. The summed E-state index contributed by atoms with van der Waals surface area (Å²) in [7, 11) is 4.31. The van der Waals surface area contributed by atoms with E-state index in [0.29, 0.717) is 6.04 Å². The molecule has 20 heavy (non-hydrogen) atoms. The van der Waals surface area contributed by atoms with Gasteiger partial charge < -0.3 is 10.2 Å². The van der Waals surface area contributed by atoms with Crippen LogP contribution in [0, 0.1) is 0 Å². The van der Waals surface area contributed by atoms with Crippen LogP contribution < -0.4 is 5.32 Å². The second-order valence-electron chi connectivity index (χ2n) is 6.77. The molecule has 0 aliphatic carbocycles. The summed E-state index contributed by atoms with van der Waals surface area (Å²) in [6.45, 7) is 10.4. The Labute approximate surface area is 122 Å². The number of aromatic nitrogens is 2. The molecular formula is C15H27N5. The van der Waals surface area contributed by atoms with Crippen molar-refractivity contribution >= 4 is 0 Å². The molecule has 0 amide bonds. The predicted molar refractivity (Wildman–Crippen MR) is 81.5 cm³/mol. The molecule has 1 N–H and O–H groups in total. The van der Waals surface area contributed by atoms with Crippen molar-refractivity contribution in [1.29, 1.82) is 0 Å². The number of rotatable bonds is 3. The highest BCUT2D eigenvalue weighted by Gasteiger charge is 2.26. The molecule has 5 heteroatoms. The van der Waals surface area contributed by atoms with Crippen molar-refractivity contribution in [3.8, 4) is 0 Å². The van der Waals surface area contributed by atoms with Crippen molar-refractivity contribution in [3.05, 3.63) is 23.8 Å². The van der Waals surface area contributed by atoms with Crippen molar-refractivity contribution in [2.75, 3.05) is 33.7 Å². The summed E-state index contributed by atoms with van der Waals surface area (Å²) >= 11 is 0. The maximum atomic E-state index is 4.74. The Morgan fingerprint density at radius 2 is 2.05 bits per heavy atom. The lowest BCUT2D eigenvalue weighted by Gasteiger charge is -2.36. The minimum atomic E-state index is 0.104. The Hall–Kier alpha value is -1.04. The first-order valence-electron chi connectivity index (χ1n) is 7.31. The summed E-state index contributed by atoms with van der Waals surface area (Å²) in [4.78, 5) is 13.9. The molecule has 5 nitrogen and oxygen atoms in total. The third-order valence-electron chi connectivity index (χ3n) is 3.68. The van der Waals surface area contributed by atoms with Crippen molar-refractivity contribution in [2.45, 2.75) is 38.9 Å². The van der Waals surface area contributed by atoms with Gasteiger partial charge in [0.1, 0.15) is 5.82 Å². The SMILES string of the molecule is CN1CCN(C)C(c2nccc(CNC(C)(C)C)n2)C1. The normalized spacial score (nSPS) is 22.1. The highest BCUT2D eigenvalue weighted by molar-refractivity contribution is 5.07. The number of piperazine rings is 1. The summed E-state index contributed by atoms with van der Waals surface area (Å²) in [5.74, 6) is 0.937. The molecule has 1 aliphatic rings. The molecule has 0 aromatic carbocycles. The fourth-order valence-electron chi connectivity index (χ4n) is 2.32. The van der Waals surface area contributed by atoms with Gasteiger partial charge in [-0.15, -0.1) is 0 Å². The van der Waals surface area contributed by atoms with Crippen molar-refractivity contribution in [2.24, 2.45) is 0 Å². The van der Waals surface area contributed by atoms with Crippen LogP contribution in [0.2, 0.25) is 0 Å².